The molecule has 166 valence electrons. The first kappa shape index (κ1) is 23.2. The van der Waals surface area contributed by atoms with Crippen molar-refractivity contribution in [2.75, 3.05) is 16.6 Å². The third-order valence-corrected chi connectivity index (χ3v) is 5.87. The predicted molar refractivity (Wildman–Crippen MR) is 130 cm³/mol. The van der Waals surface area contributed by atoms with E-state index < -0.39 is 15.9 Å². The van der Waals surface area contributed by atoms with Crippen LogP contribution in [0.5, 0.6) is 5.75 Å². The molecule has 1 amide bonds. The average Bonchev–Trinajstić information content (AvgIpc) is 2.78. The lowest BCUT2D eigenvalue weighted by atomic mass is 10.2. The molecule has 0 aromatic heterocycles. The van der Waals surface area contributed by atoms with Crippen LogP contribution >= 0.6 is 12.2 Å². The molecule has 9 heteroatoms. The number of hydrogen-bond donors (Lipinski definition) is 3. The molecule has 3 aromatic carbocycles. The molecular weight excluding hydrogens is 446 g/mol. The molecule has 3 N–H and O–H groups in total. The summed E-state index contributed by atoms with van der Waals surface area (Å²) in [5.74, 6) is 0.0792. The number of thiocarbonyl (C=S) groups is 1. The standard InChI is InChI=1S/C23H23N3O4S2/c1-2-16-30-21-11-7-6-10-20(21)22(27)25-23(31)24-17-12-14-19(15-13-17)32(28,29)26-18-8-4-3-5-9-18/h3-15,26H,2,16H2,1H3,(H2,24,25,27,31). The van der Waals surface area contributed by atoms with Gasteiger partial charge in [-0.05, 0) is 67.2 Å². The van der Waals surface area contributed by atoms with Crippen molar-refractivity contribution in [2.45, 2.75) is 18.2 Å². The number of amides is 1. The van der Waals surface area contributed by atoms with Crippen molar-refractivity contribution in [2.24, 2.45) is 0 Å². The summed E-state index contributed by atoms with van der Waals surface area (Å²) in [6.45, 7) is 2.48. The average molecular weight is 470 g/mol. The van der Waals surface area contributed by atoms with E-state index in [9.17, 15) is 13.2 Å². The zero-order valence-corrected chi connectivity index (χ0v) is 19.0. The van der Waals surface area contributed by atoms with Gasteiger partial charge < -0.3 is 10.1 Å². The van der Waals surface area contributed by atoms with E-state index in [0.29, 0.717) is 29.3 Å². The summed E-state index contributed by atoms with van der Waals surface area (Å²) in [5, 5.41) is 5.57. The highest BCUT2D eigenvalue weighted by atomic mass is 32.2. The van der Waals surface area contributed by atoms with Crippen molar-refractivity contribution in [3.63, 3.8) is 0 Å². The number of hydrogen-bond acceptors (Lipinski definition) is 5. The predicted octanol–water partition coefficient (Wildman–Crippen LogP) is 4.40. The lowest BCUT2D eigenvalue weighted by molar-refractivity contribution is 0.0973. The quantitative estimate of drug-likeness (QED) is 0.423. The van der Waals surface area contributed by atoms with Gasteiger partial charge in [0.25, 0.3) is 15.9 Å². The lowest BCUT2D eigenvalue weighted by Crippen LogP contribution is -2.34. The summed E-state index contributed by atoms with van der Waals surface area (Å²) in [5.41, 5.74) is 1.38. The zero-order chi connectivity index (χ0) is 23.0. The molecular formula is C23H23N3O4S2. The number of nitrogens with one attached hydrogen (secondary N) is 3. The molecule has 0 radical (unpaired) electrons. The Hall–Kier alpha value is -3.43. The molecule has 3 rings (SSSR count). The Morgan fingerprint density at radius 1 is 0.906 bits per heavy atom. The number of sulfonamides is 1. The van der Waals surface area contributed by atoms with Crippen LogP contribution in [0.15, 0.2) is 83.8 Å². The van der Waals surface area contributed by atoms with Crippen LogP contribution in [0.2, 0.25) is 0 Å². The fourth-order valence-electron chi connectivity index (χ4n) is 2.76. The maximum Gasteiger partial charge on any atom is 0.261 e. The van der Waals surface area contributed by atoms with Gasteiger partial charge in [-0.1, -0.05) is 37.3 Å². The van der Waals surface area contributed by atoms with Crippen molar-refractivity contribution in [3.8, 4) is 5.75 Å². The maximum atomic E-state index is 12.6. The van der Waals surface area contributed by atoms with Crippen LogP contribution in [-0.4, -0.2) is 26.0 Å². The fourth-order valence-corrected chi connectivity index (χ4v) is 4.03. The number of rotatable bonds is 8. The SMILES string of the molecule is CCCOc1ccccc1C(=O)NC(=S)Nc1ccc(S(=O)(=O)Nc2ccccc2)cc1. The fraction of sp³-hybridized carbons (Fsp3) is 0.130. The third-order valence-electron chi connectivity index (χ3n) is 4.27. The molecule has 32 heavy (non-hydrogen) atoms. The first-order valence-corrected chi connectivity index (χ1v) is 11.8. The second-order valence-corrected chi connectivity index (χ2v) is 8.84. The zero-order valence-electron chi connectivity index (χ0n) is 17.4. The first-order valence-electron chi connectivity index (χ1n) is 9.91. The molecule has 3 aromatic rings. The van der Waals surface area contributed by atoms with Crippen molar-refractivity contribution in [3.05, 3.63) is 84.4 Å². The molecule has 0 unspecified atom stereocenters. The number of ether oxygens (including phenoxy) is 1. The van der Waals surface area contributed by atoms with Gasteiger partial charge in [0.15, 0.2) is 5.11 Å². The van der Waals surface area contributed by atoms with Crippen LogP contribution in [0.25, 0.3) is 0 Å². The Balaban J connectivity index is 1.62. The number of benzene rings is 3. The van der Waals surface area contributed by atoms with Crippen LogP contribution < -0.4 is 20.1 Å². The topological polar surface area (TPSA) is 96.5 Å². The molecule has 0 aliphatic carbocycles. The van der Waals surface area contributed by atoms with E-state index in [1.165, 1.54) is 12.1 Å². The maximum absolute atomic E-state index is 12.6. The van der Waals surface area contributed by atoms with Gasteiger partial charge in [0, 0.05) is 11.4 Å². The highest BCUT2D eigenvalue weighted by Gasteiger charge is 2.15. The van der Waals surface area contributed by atoms with Gasteiger partial charge in [-0.15, -0.1) is 0 Å². The van der Waals surface area contributed by atoms with Crippen LogP contribution in [0.3, 0.4) is 0 Å². The van der Waals surface area contributed by atoms with E-state index in [4.69, 9.17) is 17.0 Å². The number of carbonyl (C=O) groups excluding carboxylic acids is 1. The largest absolute Gasteiger partial charge is 0.493 e. The molecule has 0 atom stereocenters. The molecule has 7 nitrogen and oxygen atoms in total. The van der Waals surface area contributed by atoms with Gasteiger partial charge in [-0.2, -0.15) is 0 Å². The normalized spacial score (nSPS) is 10.8. The first-order chi connectivity index (χ1) is 15.4. The molecule has 0 spiro atoms. The van der Waals surface area contributed by atoms with Crippen LogP contribution in [-0.2, 0) is 10.0 Å². The van der Waals surface area contributed by atoms with Gasteiger partial charge in [-0.25, -0.2) is 8.42 Å². The van der Waals surface area contributed by atoms with E-state index in [1.807, 2.05) is 6.92 Å². The van der Waals surface area contributed by atoms with E-state index in [0.717, 1.165) is 6.42 Å². The molecule has 0 fully saturated rings. The summed E-state index contributed by atoms with van der Waals surface area (Å²) >= 11 is 5.22. The van der Waals surface area contributed by atoms with Crippen molar-refractivity contribution < 1.29 is 17.9 Å². The van der Waals surface area contributed by atoms with Crippen molar-refractivity contribution in [1.82, 2.24) is 5.32 Å². The highest BCUT2D eigenvalue weighted by molar-refractivity contribution is 7.92. The molecule has 0 aliphatic heterocycles. The van der Waals surface area contributed by atoms with Crippen LogP contribution in [0.4, 0.5) is 11.4 Å². The number of carbonyl (C=O) groups is 1. The van der Waals surface area contributed by atoms with Crippen molar-refractivity contribution >= 4 is 44.6 Å². The molecule has 0 saturated heterocycles. The third kappa shape index (κ3) is 6.29. The number of anilines is 2. The monoisotopic (exact) mass is 469 g/mol. The Kier molecular flexibility index (Phi) is 7.80. The molecule has 0 bridgehead atoms. The van der Waals surface area contributed by atoms with E-state index >= 15 is 0 Å². The molecule has 0 heterocycles. The summed E-state index contributed by atoms with van der Waals surface area (Å²) in [7, 11) is -3.72. The summed E-state index contributed by atoms with van der Waals surface area (Å²) < 4.78 is 33.2. The Bertz CT molecular complexity index is 1180. The van der Waals surface area contributed by atoms with Gasteiger partial charge in [0.05, 0.1) is 17.1 Å². The summed E-state index contributed by atoms with van der Waals surface area (Å²) in [4.78, 5) is 12.7. The van der Waals surface area contributed by atoms with E-state index in [1.54, 1.807) is 66.7 Å². The van der Waals surface area contributed by atoms with Gasteiger partial charge in [0.2, 0.25) is 0 Å². The minimum absolute atomic E-state index is 0.0818. The van der Waals surface area contributed by atoms with E-state index in [-0.39, 0.29) is 10.0 Å². The van der Waals surface area contributed by atoms with E-state index in [2.05, 4.69) is 15.4 Å². The molecule has 0 saturated carbocycles. The van der Waals surface area contributed by atoms with Crippen molar-refractivity contribution in [1.29, 1.82) is 0 Å². The van der Waals surface area contributed by atoms with Gasteiger partial charge in [-0.3, -0.25) is 14.8 Å². The number of para-hydroxylation sites is 2. The minimum Gasteiger partial charge on any atom is -0.493 e. The van der Waals surface area contributed by atoms with Gasteiger partial charge in [0.1, 0.15) is 5.75 Å². The van der Waals surface area contributed by atoms with Gasteiger partial charge >= 0.3 is 0 Å². The molecule has 0 aliphatic rings. The lowest BCUT2D eigenvalue weighted by Gasteiger charge is -2.13. The second kappa shape index (κ2) is 10.7. The highest BCUT2D eigenvalue weighted by Crippen LogP contribution is 2.19. The minimum atomic E-state index is -3.72. The summed E-state index contributed by atoms with van der Waals surface area (Å²) in [6.07, 6.45) is 0.822. The Morgan fingerprint density at radius 2 is 1.56 bits per heavy atom. The smallest absolute Gasteiger partial charge is 0.261 e. The Labute approximate surface area is 192 Å². The Morgan fingerprint density at radius 3 is 2.25 bits per heavy atom. The van der Waals surface area contributed by atoms with Crippen LogP contribution in [0.1, 0.15) is 23.7 Å². The van der Waals surface area contributed by atoms with Crippen LogP contribution in [0, 0.1) is 0 Å². The second-order valence-electron chi connectivity index (χ2n) is 6.75. The summed E-state index contributed by atoms with van der Waals surface area (Å²) in [6, 6.07) is 21.6.